The van der Waals surface area contributed by atoms with E-state index in [2.05, 4.69) is 59.6 Å². The predicted molar refractivity (Wildman–Crippen MR) is 99.0 cm³/mol. The van der Waals surface area contributed by atoms with Crippen molar-refractivity contribution in [3.8, 4) is 5.75 Å². The normalized spacial score (nSPS) is 29.3. The monoisotopic (exact) mass is 349 g/mol. The quantitative estimate of drug-likeness (QED) is 0.851. The fourth-order valence-electron chi connectivity index (χ4n) is 4.39. The van der Waals surface area contributed by atoms with Crippen LogP contribution in [0.25, 0.3) is 5.70 Å². The molecule has 1 spiro atoms. The summed E-state index contributed by atoms with van der Waals surface area (Å²) < 4.78 is 12.6. The van der Waals surface area contributed by atoms with Gasteiger partial charge in [0.25, 0.3) is 0 Å². The van der Waals surface area contributed by atoms with Crippen molar-refractivity contribution in [3.05, 3.63) is 66.0 Å². The Labute approximate surface area is 153 Å². The lowest BCUT2D eigenvalue weighted by atomic mass is 9.87. The molecule has 0 unspecified atom stereocenters. The Kier molecular flexibility index (Phi) is 3.39. The topological polar surface area (TPSA) is 46.6 Å². The first-order chi connectivity index (χ1) is 12.6. The first-order valence-corrected chi connectivity index (χ1v) is 9.17. The molecule has 3 aliphatic heterocycles. The molecule has 1 aromatic carbocycles. The number of para-hydroxylation sites is 1. The summed E-state index contributed by atoms with van der Waals surface area (Å²) in [4.78, 5) is 4.27. The molecule has 5 rings (SSSR count). The standard InChI is InChI=1S/C21H23N3O2/c1-20(2)14-21(9-11-25-20)24-18(16-7-3-4-8-19(16)26-21)12-17(23-24)15-6-5-10-22-13-15/h3-8,10,12-13,18,23H,9,11,14H2,1-2H3/t18-,21-/m1/s1. The smallest absolute Gasteiger partial charge is 0.185 e. The second-order valence-electron chi connectivity index (χ2n) is 7.87. The molecule has 0 aliphatic carbocycles. The Balaban J connectivity index is 1.60. The van der Waals surface area contributed by atoms with Gasteiger partial charge in [0.1, 0.15) is 5.75 Å². The molecule has 0 amide bonds. The molecule has 1 aromatic heterocycles. The van der Waals surface area contributed by atoms with Crippen molar-refractivity contribution in [2.75, 3.05) is 6.61 Å². The zero-order valence-electron chi connectivity index (χ0n) is 15.1. The van der Waals surface area contributed by atoms with Crippen LogP contribution in [-0.2, 0) is 4.74 Å². The molecule has 2 atom stereocenters. The lowest BCUT2D eigenvalue weighted by molar-refractivity contribution is -0.218. The van der Waals surface area contributed by atoms with Gasteiger partial charge in [-0.05, 0) is 38.1 Å². The van der Waals surface area contributed by atoms with Crippen LogP contribution in [0.4, 0.5) is 0 Å². The number of aromatic nitrogens is 1. The second kappa shape index (κ2) is 5.56. The van der Waals surface area contributed by atoms with Gasteiger partial charge in [-0.25, -0.2) is 0 Å². The van der Waals surface area contributed by atoms with Gasteiger partial charge in [-0.1, -0.05) is 18.2 Å². The molecule has 5 heteroatoms. The van der Waals surface area contributed by atoms with Crippen molar-refractivity contribution in [3.63, 3.8) is 0 Å². The molecule has 0 bridgehead atoms. The Morgan fingerprint density at radius 1 is 1.19 bits per heavy atom. The van der Waals surface area contributed by atoms with Gasteiger partial charge in [0, 0.05) is 36.4 Å². The van der Waals surface area contributed by atoms with Crippen molar-refractivity contribution in [2.45, 2.75) is 44.1 Å². The Morgan fingerprint density at radius 2 is 2.08 bits per heavy atom. The summed E-state index contributed by atoms with van der Waals surface area (Å²) >= 11 is 0. The average Bonchev–Trinajstić information content (AvgIpc) is 3.09. The van der Waals surface area contributed by atoms with Gasteiger partial charge < -0.3 is 14.9 Å². The molecule has 1 fully saturated rings. The summed E-state index contributed by atoms with van der Waals surface area (Å²) in [6, 6.07) is 12.5. The molecule has 2 aromatic rings. The maximum Gasteiger partial charge on any atom is 0.185 e. The summed E-state index contributed by atoms with van der Waals surface area (Å²) in [5.74, 6) is 0.969. The van der Waals surface area contributed by atoms with E-state index >= 15 is 0 Å². The number of pyridine rings is 1. The number of hydrogen-bond donors (Lipinski definition) is 1. The zero-order valence-corrected chi connectivity index (χ0v) is 15.1. The highest BCUT2D eigenvalue weighted by molar-refractivity contribution is 5.67. The fraction of sp³-hybridized carbons (Fsp3) is 0.381. The number of fused-ring (bicyclic) bond motifs is 4. The highest BCUT2D eigenvalue weighted by Gasteiger charge is 2.54. The third kappa shape index (κ3) is 2.42. The molecule has 1 N–H and O–H groups in total. The van der Waals surface area contributed by atoms with E-state index in [1.807, 2.05) is 18.3 Å². The van der Waals surface area contributed by atoms with Crippen LogP contribution in [0.5, 0.6) is 5.75 Å². The molecule has 0 radical (unpaired) electrons. The van der Waals surface area contributed by atoms with Crippen molar-refractivity contribution in [1.29, 1.82) is 0 Å². The van der Waals surface area contributed by atoms with E-state index in [1.54, 1.807) is 6.20 Å². The van der Waals surface area contributed by atoms with E-state index in [4.69, 9.17) is 9.47 Å². The maximum atomic E-state index is 6.63. The summed E-state index contributed by atoms with van der Waals surface area (Å²) in [6.45, 7) is 4.96. The minimum atomic E-state index is -0.429. The average molecular weight is 349 g/mol. The van der Waals surface area contributed by atoms with Gasteiger partial charge in [0.15, 0.2) is 5.72 Å². The molecule has 3 aliphatic rings. The summed E-state index contributed by atoms with van der Waals surface area (Å²) in [7, 11) is 0. The number of hydrogen-bond acceptors (Lipinski definition) is 5. The molecule has 4 heterocycles. The third-order valence-electron chi connectivity index (χ3n) is 5.48. The largest absolute Gasteiger partial charge is 0.470 e. The molecule has 1 saturated heterocycles. The van der Waals surface area contributed by atoms with Crippen molar-refractivity contribution >= 4 is 5.70 Å². The number of hydrazine groups is 1. The van der Waals surface area contributed by atoms with Crippen LogP contribution in [-0.4, -0.2) is 27.9 Å². The van der Waals surface area contributed by atoms with Gasteiger partial charge in [-0.15, -0.1) is 0 Å². The van der Waals surface area contributed by atoms with Gasteiger partial charge in [0.05, 0.1) is 23.9 Å². The van der Waals surface area contributed by atoms with Gasteiger partial charge >= 0.3 is 0 Å². The highest BCUT2D eigenvalue weighted by atomic mass is 16.5. The minimum absolute atomic E-state index is 0.129. The van der Waals surface area contributed by atoms with Crippen LogP contribution < -0.4 is 10.2 Å². The van der Waals surface area contributed by atoms with E-state index in [1.165, 1.54) is 5.56 Å². The molecular formula is C21H23N3O2. The Morgan fingerprint density at radius 3 is 2.88 bits per heavy atom. The van der Waals surface area contributed by atoms with Crippen LogP contribution in [0.1, 0.15) is 43.9 Å². The van der Waals surface area contributed by atoms with Crippen LogP contribution in [0, 0.1) is 0 Å². The lowest BCUT2D eigenvalue weighted by Gasteiger charge is -2.53. The van der Waals surface area contributed by atoms with Crippen molar-refractivity contribution in [2.24, 2.45) is 0 Å². The van der Waals surface area contributed by atoms with Gasteiger partial charge in [-0.2, -0.15) is 5.01 Å². The molecular weight excluding hydrogens is 326 g/mol. The van der Waals surface area contributed by atoms with E-state index in [-0.39, 0.29) is 11.6 Å². The van der Waals surface area contributed by atoms with Crippen LogP contribution in [0.3, 0.4) is 0 Å². The molecule has 0 saturated carbocycles. The first kappa shape index (κ1) is 15.9. The van der Waals surface area contributed by atoms with Gasteiger partial charge in [0.2, 0.25) is 0 Å². The van der Waals surface area contributed by atoms with E-state index in [0.717, 1.165) is 29.9 Å². The first-order valence-electron chi connectivity index (χ1n) is 9.17. The number of nitrogens with one attached hydrogen (secondary N) is 1. The lowest BCUT2D eigenvalue weighted by Crippen LogP contribution is -2.64. The van der Waals surface area contributed by atoms with Crippen molar-refractivity contribution < 1.29 is 9.47 Å². The molecule has 26 heavy (non-hydrogen) atoms. The summed E-state index contributed by atoms with van der Waals surface area (Å²) in [6.07, 6.45) is 7.59. The molecule has 134 valence electrons. The Hall–Kier alpha value is -2.37. The number of benzene rings is 1. The fourth-order valence-corrected chi connectivity index (χ4v) is 4.39. The highest BCUT2D eigenvalue weighted by Crippen LogP contribution is 2.50. The molecule has 5 nitrogen and oxygen atoms in total. The van der Waals surface area contributed by atoms with Crippen LogP contribution >= 0.6 is 0 Å². The number of rotatable bonds is 1. The minimum Gasteiger partial charge on any atom is -0.470 e. The van der Waals surface area contributed by atoms with Crippen LogP contribution in [0.2, 0.25) is 0 Å². The second-order valence-corrected chi connectivity index (χ2v) is 7.87. The van der Waals surface area contributed by atoms with Gasteiger partial charge in [-0.3, -0.25) is 4.98 Å². The maximum absolute atomic E-state index is 6.63. The van der Waals surface area contributed by atoms with E-state index in [0.29, 0.717) is 6.61 Å². The Bertz CT molecular complexity index is 865. The SMILES string of the molecule is CC1(C)C[C@@]2(CCO1)Oc1ccccc1[C@H]1C=C(c3cccnc3)NN12. The van der Waals surface area contributed by atoms with Crippen LogP contribution in [0.15, 0.2) is 54.9 Å². The number of nitrogens with zero attached hydrogens (tertiary/aromatic N) is 2. The van der Waals surface area contributed by atoms with E-state index in [9.17, 15) is 0 Å². The summed E-state index contributed by atoms with van der Waals surface area (Å²) in [5.41, 5.74) is 6.31. The number of ether oxygens (including phenoxy) is 2. The van der Waals surface area contributed by atoms with E-state index < -0.39 is 5.72 Å². The zero-order chi connectivity index (χ0) is 17.8. The third-order valence-corrected chi connectivity index (χ3v) is 5.48. The predicted octanol–water partition coefficient (Wildman–Crippen LogP) is 3.66. The summed E-state index contributed by atoms with van der Waals surface area (Å²) in [5, 5.41) is 2.28. The van der Waals surface area contributed by atoms with Crippen molar-refractivity contribution in [1.82, 2.24) is 15.4 Å².